The highest BCUT2D eigenvalue weighted by Crippen LogP contribution is 2.18. The van der Waals surface area contributed by atoms with Gasteiger partial charge in [-0.15, -0.1) is 0 Å². The van der Waals surface area contributed by atoms with E-state index in [1.54, 1.807) is 19.1 Å². The zero-order valence-electron chi connectivity index (χ0n) is 10.1. The van der Waals surface area contributed by atoms with E-state index in [0.717, 1.165) is 5.56 Å². The smallest absolute Gasteiger partial charge is 0.419 e. The molecule has 0 N–H and O–H groups in total. The van der Waals surface area contributed by atoms with Crippen LogP contribution in [0.25, 0.3) is 4.85 Å². The number of carbonyl (C=O) groups is 1. The van der Waals surface area contributed by atoms with Crippen molar-refractivity contribution in [2.24, 2.45) is 0 Å². The van der Waals surface area contributed by atoms with Gasteiger partial charge in [-0.25, -0.2) is 19.8 Å². The van der Waals surface area contributed by atoms with Gasteiger partial charge in [0.25, 0.3) is 9.84 Å². The second-order valence-corrected chi connectivity index (χ2v) is 5.60. The molecule has 18 heavy (non-hydrogen) atoms. The quantitative estimate of drug-likeness (QED) is 0.613. The number of nitrogens with zero attached hydrogens (tertiary/aromatic N) is 1. The number of sulfone groups is 1. The van der Waals surface area contributed by atoms with Crippen molar-refractivity contribution in [3.63, 3.8) is 0 Å². The molecule has 0 amide bonds. The van der Waals surface area contributed by atoms with Crippen LogP contribution in [0.15, 0.2) is 29.2 Å². The lowest BCUT2D eigenvalue weighted by molar-refractivity contribution is -0.141. The number of ether oxygens (including phenoxy) is 1. The minimum Gasteiger partial charge on any atom is -0.459 e. The number of hydrogen-bond acceptors (Lipinski definition) is 4. The van der Waals surface area contributed by atoms with Gasteiger partial charge in [0.05, 0.1) is 11.5 Å². The summed E-state index contributed by atoms with van der Waals surface area (Å²) in [4.78, 5) is 14.3. The molecular weight excluding hydrogens is 254 g/mol. The zero-order valence-corrected chi connectivity index (χ0v) is 10.9. The van der Waals surface area contributed by atoms with E-state index in [4.69, 9.17) is 6.57 Å². The van der Waals surface area contributed by atoms with Gasteiger partial charge in [0, 0.05) is 0 Å². The molecule has 0 bridgehead atoms. The van der Waals surface area contributed by atoms with Crippen molar-refractivity contribution < 1.29 is 17.9 Å². The molecule has 1 atom stereocenters. The van der Waals surface area contributed by atoms with Crippen LogP contribution in [0.5, 0.6) is 0 Å². The van der Waals surface area contributed by atoms with E-state index >= 15 is 0 Å². The fourth-order valence-corrected chi connectivity index (χ4v) is 2.55. The van der Waals surface area contributed by atoms with Crippen molar-refractivity contribution in [2.75, 3.05) is 6.61 Å². The van der Waals surface area contributed by atoms with E-state index in [-0.39, 0.29) is 11.5 Å². The van der Waals surface area contributed by atoms with Crippen LogP contribution in [0.4, 0.5) is 0 Å². The van der Waals surface area contributed by atoms with Gasteiger partial charge in [-0.1, -0.05) is 17.7 Å². The molecule has 1 aromatic rings. The van der Waals surface area contributed by atoms with Crippen molar-refractivity contribution in [1.29, 1.82) is 0 Å². The van der Waals surface area contributed by atoms with E-state index in [2.05, 4.69) is 9.58 Å². The molecule has 96 valence electrons. The van der Waals surface area contributed by atoms with Crippen LogP contribution < -0.4 is 0 Å². The maximum atomic E-state index is 12.1. The Morgan fingerprint density at radius 3 is 2.39 bits per heavy atom. The third-order valence-corrected chi connectivity index (χ3v) is 4.06. The van der Waals surface area contributed by atoms with Crippen LogP contribution in [0.2, 0.25) is 0 Å². The van der Waals surface area contributed by atoms with Crippen molar-refractivity contribution >= 4 is 15.8 Å². The van der Waals surface area contributed by atoms with E-state index in [9.17, 15) is 13.2 Å². The van der Waals surface area contributed by atoms with E-state index in [0.29, 0.717) is 0 Å². The predicted octanol–water partition coefficient (Wildman–Crippen LogP) is 1.58. The van der Waals surface area contributed by atoms with Crippen LogP contribution in [-0.4, -0.2) is 26.4 Å². The Labute approximate surface area is 106 Å². The second kappa shape index (κ2) is 5.65. The van der Waals surface area contributed by atoms with Gasteiger partial charge in [-0.05, 0) is 26.0 Å². The lowest BCUT2D eigenvalue weighted by Crippen LogP contribution is -2.29. The van der Waals surface area contributed by atoms with Crippen molar-refractivity contribution in [2.45, 2.75) is 24.1 Å². The molecule has 6 heteroatoms. The van der Waals surface area contributed by atoms with Crippen molar-refractivity contribution in [3.8, 4) is 0 Å². The molecular formula is C12H13NO4S. The Morgan fingerprint density at radius 2 is 1.94 bits per heavy atom. The first-order valence-electron chi connectivity index (χ1n) is 5.27. The van der Waals surface area contributed by atoms with E-state index in [1.807, 2.05) is 6.92 Å². The van der Waals surface area contributed by atoms with Gasteiger partial charge >= 0.3 is 11.3 Å². The normalized spacial score (nSPS) is 12.5. The van der Waals surface area contributed by atoms with Gasteiger partial charge in [-0.3, -0.25) is 4.85 Å². The zero-order chi connectivity index (χ0) is 13.8. The molecule has 0 aliphatic rings. The maximum Gasteiger partial charge on any atom is 0.419 e. The third-order valence-electron chi connectivity index (χ3n) is 2.25. The second-order valence-electron chi connectivity index (χ2n) is 3.59. The summed E-state index contributed by atoms with van der Waals surface area (Å²) in [6.45, 7) is 10.3. The molecule has 0 spiro atoms. The molecule has 5 nitrogen and oxygen atoms in total. The minimum absolute atomic E-state index is 0.0360. The summed E-state index contributed by atoms with van der Waals surface area (Å²) < 4.78 is 28.7. The van der Waals surface area contributed by atoms with Gasteiger partial charge < -0.3 is 4.74 Å². The summed E-state index contributed by atoms with van der Waals surface area (Å²) in [6, 6.07) is 5.97. The lowest BCUT2D eigenvalue weighted by atomic mass is 10.2. The Morgan fingerprint density at radius 1 is 1.39 bits per heavy atom. The van der Waals surface area contributed by atoms with Gasteiger partial charge in [0.15, 0.2) is 0 Å². The molecule has 0 aromatic heterocycles. The highest BCUT2D eigenvalue weighted by atomic mass is 32.2. The Kier molecular flexibility index (Phi) is 4.45. The van der Waals surface area contributed by atoms with Crippen LogP contribution in [0.1, 0.15) is 12.5 Å². The number of aryl methyl sites for hydroxylation is 1. The molecule has 0 heterocycles. The Bertz CT molecular complexity index is 569. The molecule has 0 fully saturated rings. The molecule has 0 saturated heterocycles. The molecule has 0 aliphatic carbocycles. The summed E-state index contributed by atoms with van der Waals surface area (Å²) >= 11 is 0. The van der Waals surface area contributed by atoms with E-state index < -0.39 is 21.2 Å². The van der Waals surface area contributed by atoms with Gasteiger partial charge in [0.1, 0.15) is 0 Å². The molecule has 0 saturated carbocycles. The highest BCUT2D eigenvalue weighted by Gasteiger charge is 2.41. The molecule has 0 aliphatic heterocycles. The number of benzene rings is 1. The predicted molar refractivity (Wildman–Crippen MR) is 65.4 cm³/mol. The first kappa shape index (κ1) is 14.2. The first-order chi connectivity index (χ1) is 8.43. The largest absolute Gasteiger partial charge is 0.459 e. The van der Waals surface area contributed by atoms with Crippen LogP contribution in [0.3, 0.4) is 0 Å². The van der Waals surface area contributed by atoms with E-state index in [1.165, 1.54) is 12.1 Å². The summed E-state index contributed by atoms with van der Waals surface area (Å²) in [5.74, 6) is -1.03. The van der Waals surface area contributed by atoms with Crippen LogP contribution in [-0.2, 0) is 19.4 Å². The summed E-state index contributed by atoms with van der Waals surface area (Å²) in [6.07, 6.45) is 0. The Hall–Kier alpha value is -1.87. The average Bonchev–Trinajstić information content (AvgIpc) is 2.30. The fraction of sp³-hybridized carbons (Fsp3) is 0.333. The van der Waals surface area contributed by atoms with Crippen molar-refractivity contribution in [3.05, 3.63) is 41.2 Å². The maximum absolute atomic E-state index is 12.1. The lowest BCUT2D eigenvalue weighted by Gasteiger charge is -2.07. The number of rotatable bonds is 4. The standard InChI is InChI=1S/C12H13NO4S/c1-4-17-12(14)11(13-3)18(15,16)10-7-5-9(2)6-8-10/h5-8,11H,4H2,1-2H3/t11-/m1/s1. The minimum atomic E-state index is -4.02. The molecule has 0 unspecified atom stereocenters. The topological polar surface area (TPSA) is 64.8 Å². The monoisotopic (exact) mass is 267 g/mol. The van der Waals surface area contributed by atoms with Gasteiger partial charge in [0.2, 0.25) is 0 Å². The van der Waals surface area contributed by atoms with Crippen LogP contribution in [0, 0.1) is 13.5 Å². The molecule has 1 rings (SSSR count). The highest BCUT2D eigenvalue weighted by molar-refractivity contribution is 7.93. The third kappa shape index (κ3) is 2.87. The number of carbonyl (C=O) groups excluding carboxylic acids is 1. The average molecular weight is 267 g/mol. The number of hydrogen-bond donors (Lipinski definition) is 0. The van der Waals surface area contributed by atoms with Crippen molar-refractivity contribution in [1.82, 2.24) is 0 Å². The summed E-state index contributed by atoms with van der Waals surface area (Å²) in [5, 5.41) is -1.83. The number of esters is 1. The molecule has 0 radical (unpaired) electrons. The first-order valence-corrected chi connectivity index (χ1v) is 6.82. The van der Waals surface area contributed by atoms with Gasteiger partial charge in [-0.2, -0.15) is 0 Å². The SMILES string of the molecule is [C-]#[N+][C@@H](C(=O)OCC)S(=O)(=O)c1ccc(C)cc1. The fourth-order valence-electron chi connectivity index (χ4n) is 1.32. The summed E-state index contributed by atoms with van der Waals surface area (Å²) in [7, 11) is -4.02. The van der Waals surface area contributed by atoms with Crippen LogP contribution >= 0.6 is 0 Å². The Balaban J connectivity index is 3.16. The summed E-state index contributed by atoms with van der Waals surface area (Å²) in [5.41, 5.74) is 0.893. The molecule has 1 aromatic carbocycles.